The van der Waals surface area contributed by atoms with Gasteiger partial charge in [-0.3, -0.25) is 0 Å². The van der Waals surface area contributed by atoms with Gasteiger partial charge in [0.1, 0.15) is 17.5 Å². The van der Waals surface area contributed by atoms with Crippen LogP contribution in [0.1, 0.15) is 0 Å². The molecule has 4 nitrogen and oxygen atoms in total. The molecule has 0 saturated heterocycles. The lowest BCUT2D eigenvalue weighted by Gasteiger charge is -2.09. The number of aromatic nitrogens is 3. The van der Waals surface area contributed by atoms with Crippen molar-refractivity contribution in [3.8, 4) is 39.3 Å². The van der Waals surface area contributed by atoms with E-state index in [9.17, 15) is 0 Å². The number of nitrogens with zero attached hydrogens (tertiary/aromatic N) is 3. The molecule has 3 aromatic heterocycles. The van der Waals surface area contributed by atoms with Crippen molar-refractivity contribution >= 4 is 54.5 Å². The molecule has 0 aliphatic heterocycles. The van der Waals surface area contributed by atoms with Crippen molar-refractivity contribution in [1.29, 1.82) is 0 Å². The summed E-state index contributed by atoms with van der Waals surface area (Å²) < 4.78 is 8.91. The summed E-state index contributed by atoms with van der Waals surface area (Å²) in [5.74, 6) is 0. The average Bonchev–Trinajstić information content (AvgIpc) is 3.69. The third-order valence-corrected chi connectivity index (χ3v) is 9.51. The highest BCUT2D eigenvalue weighted by Gasteiger charge is 2.18. The van der Waals surface area contributed by atoms with Gasteiger partial charge in [0.05, 0.1) is 22.4 Å². The smallest absolute Gasteiger partial charge is 0.137 e. The third-order valence-electron chi connectivity index (χ3n) is 9.51. The van der Waals surface area contributed by atoms with E-state index in [0.29, 0.717) is 0 Å². The van der Waals surface area contributed by atoms with Gasteiger partial charge in [-0.2, -0.15) is 0 Å². The molecule has 4 heteroatoms. The van der Waals surface area contributed by atoms with E-state index in [-0.39, 0.29) is 0 Å². The van der Waals surface area contributed by atoms with Crippen LogP contribution in [0.3, 0.4) is 0 Å². The van der Waals surface area contributed by atoms with Crippen LogP contribution in [0.2, 0.25) is 0 Å². The van der Waals surface area contributed by atoms with Gasteiger partial charge in [0.2, 0.25) is 0 Å². The van der Waals surface area contributed by atoms with E-state index in [2.05, 4.69) is 149 Å². The van der Waals surface area contributed by atoms with Gasteiger partial charge >= 0.3 is 0 Å². The standard InChI is InChI=1S/C44H27N3O/c1-2-9-28(10-3-1)29-17-19-30(20-18-29)38-26-39(46-27-45-38)35-14-8-16-42-44(35)36-22-21-33(25-43(36)48-42)47-40-15-7-6-13-34(40)37-23-31-11-4-5-12-32(31)24-41(37)47/h1-27H. The molecule has 0 bridgehead atoms. The molecular formula is C44H27N3O. The normalized spacial score (nSPS) is 11.8. The number of fused-ring (bicyclic) bond motifs is 7. The minimum absolute atomic E-state index is 0.834. The van der Waals surface area contributed by atoms with Gasteiger partial charge in [-0.25, -0.2) is 9.97 Å². The highest BCUT2D eigenvalue weighted by atomic mass is 16.3. The van der Waals surface area contributed by atoms with Gasteiger partial charge in [0.25, 0.3) is 0 Å². The van der Waals surface area contributed by atoms with E-state index < -0.39 is 0 Å². The summed E-state index contributed by atoms with van der Waals surface area (Å²) in [6, 6.07) is 55.6. The highest BCUT2D eigenvalue weighted by molar-refractivity contribution is 6.15. The number of furan rings is 1. The molecule has 10 rings (SSSR count). The molecule has 48 heavy (non-hydrogen) atoms. The Bertz CT molecular complexity index is 2830. The Kier molecular flexibility index (Phi) is 5.84. The van der Waals surface area contributed by atoms with Crippen molar-refractivity contribution in [1.82, 2.24) is 14.5 Å². The van der Waals surface area contributed by atoms with Gasteiger partial charge in [-0.1, -0.05) is 109 Å². The number of hydrogen-bond donors (Lipinski definition) is 0. The Morgan fingerprint density at radius 2 is 1.17 bits per heavy atom. The summed E-state index contributed by atoms with van der Waals surface area (Å²) in [5.41, 5.74) is 11.3. The lowest BCUT2D eigenvalue weighted by molar-refractivity contribution is 0.668. The Balaban J connectivity index is 1.10. The van der Waals surface area contributed by atoms with Crippen LogP contribution in [0.5, 0.6) is 0 Å². The van der Waals surface area contributed by atoms with Gasteiger partial charge in [0.15, 0.2) is 0 Å². The third kappa shape index (κ3) is 4.16. The monoisotopic (exact) mass is 613 g/mol. The quantitative estimate of drug-likeness (QED) is 0.198. The zero-order valence-corrected chi connectivity index (χ0v) is 25.8. The Morgan fingerprint density at radius 1 is 0.438 bits per heavy atom. The number of rotatable bonds is 4. The van der Waals surface area contributed by atoms with Crippen molar-refractivity contribution in [2.75, 3.05) is 0 Å². The fourth-order valence-corrected chi connectivity index (χ4v) is 7.23. The van der Waals surface area contributed by atoms with E-state index in [4.69, 9.17) is 9.40 Å². The summed E-state index contributed by atoms with van der Waals surface area (Å²) >= 11 is 0. The first-order valence-electron chi connectivity index (χ1n) is 16.1. The van der Waals surface area contributed by atoms with E-state index in [0.717, 1.165) is 50.1 Å². The highest BCUT2D eigenvalue weighted by Crippen LogP contribution is 2.40. The molecule has 0 atom stereocenters. The zero-order valence-electron chi connectivity index (χ0n) is 25.8. The summed E-state index contributed by atoms with van der Waals surface area (Å²) in [5, 5.41) is 7.05. The van der Waals surface area contributed by atoms with Gasteiger partial charge in [-0.15, -0.1) is 0 Å². The summed E-state index contributed by atoms with van der Waals surface area (Å²) in [4.78, 5) is 9.37. The maximum atomic E-state index is 6.56. The van der Waals surface area contributed by atoms with Crippen LogP contribution in [-0.2, 0) is 0 Å². The number of hydrogen-bond acceptors (Lipinski definition) is 3. The second kappa shape index (κ2) is 10.5. The van der Waals surface area contributed by atoms with Crippen molar-refractivity contribution in [2.24, 2.45) is 0 Å². The van der Waals surface area contributed by atoms with Gasteiger partial charge in [0, 0.05) is 44.4 Å². The van der Waals surface area contributed by atoms with E-state index in [1.807, 2.05) is 18.2 Å². The minimum atomic E-state index is 0.834. The first-order valence-corrected chi connectivity index (χ1v) is 16.1. The second-order valence-electron chi connectivity index (χ2n) is 12.3. The van der Waals surface area contributed by atoms with Crippen LogP contribution in [0, 0.1) is 0 Å². The molecule has 10 aromatic rings. The van der Waals surface area contributed by atoms with Crippen molar-refractivity contribution in [3.63, 3.8) is 0 Å². The summed E-state index contributed by atoms with van der Waals surface area (Å²) in [6.45, 7) is 0. The molecular weight excluding hydrogens is 587 g/mol. The minimum Gasteiger partial charge on any atom is -0.456 e. The SMILES string of the molecule is c1ccc(-c2ccc(-c3cc(-c4cccc5oc6cc(-n7c8ccccc8c8cc9ccccc9cc87)ccc6c45)ncn3)cc2)cc1. The van der Waals surface area contributed by atoms with Gasteiger partial charge in [-0.05, 0) is 64.4 Å². The van der Waals surface area contributed by atoms with Crippen molar-refractivity contribution in [3.05, 3.63) is 164 Å². The molecule has 0 radical (unpaired) electrons. The number of para-hydroxylation sites is 1. The maximum Gasteiger partial charge on any atom is 0.137 e. The van der Waals surface area contributed by atoms with Crippen LogP contribution in [0.15, 0.2) is 168 Å². The van der Waals surface area contributed by atoms with E-state index in [1.165, 1.54) is 43.7 Å². The second-order valence-corrected chi connectivity index (χ2v) is 12.3. The predicted molar refractivity (Wildman–Crippen MR) is 197 cm³/mol. The predicted octanol–water partition coefficient (Wildman–Crippen LogP) is 11.6. The molecule has 7 aromatic carbocycles. The van der Waals surface area contributed by atoms with Crippen LogP contribution < -0.4 is 0 Å². The summed E-state index contributed by atoms with van der Waals surface area (Å²) in [7, 11) is 0. The molecule has 0 N–H and O–H groups in total. The van der Waals surface area contributed by atoms with Crippen molar-refractivity contribution < 1.29 is 4.42 Å². The largest absolute Gasteiger partial charge is 0.456 e. The van der Waals surface area contributed by atoms with Crippen LogP contribution in [0.4, 0.5) is 0 Å². The Morgan fingerprint density at radius 3 is 2.04 bits per heavy atom. The first-order chi connectivity index (χ1) is 23.8. The van der Waals surface area contributed by atoms with Crippen molar-refractivity contribution in [2.45, 2.75) is 0 Å². The summed E-state index contributed by atoms with van der Waals surface area (Å²) in [6.07, 6.45) is 1.65. The first kappa shape index (κ1) is 26.7. The molecule has 0 fully saturated rings. The van der Waals surface area contributed by atoms with Gasteiger partial charge < -0.3 is 8.98 Å². The Labute approximate surface area is 276 Å². The Hall–Kier alpha value is -6.52. The lowest BCUT2D eigenvalue weighted by Crippen LogP contribution is -1.93. The lowest BCUT2D eigenvalue weighted by atomic mass is 10.0. The molecule has 0 saturated carbocycles. The molecule has 0 aliphatic carbocycles. The average molecular weight is 614 g/mol. The molecule has 0 aliphatic rings. The van der Waals surface area contributed by atoms with Crippen LogP contribution in [0.25, 0.3) is 93.8 Å². The van der Waals surface area contributed by atoms with E-state index in [1.54, 1.807) is 6.33 Å². The molecule has 3 heterocycles. The fraction of sp³-hybridized carbons (Fsp3) is 0. The molecule has 0 unspecified atom stereocenters. The van der Waals surface area contributed by atoms with Crippen LogP contribution in [-0.4, -0.2) is 14.5 Å². The zero-order chi connectivity index (χ0) is 31.6. The number of benzene rings is 7. The fourth-order valence-electron chi connectivity index (χ4n) is 7.23. The molecule has 0 amide bonds. The van der Waals surface area contributed by atoms with E-state index >= 15 is 0 Å². The molecule has 0 spiro atoms. The van der Waals surface area contributed by atoms with Crippen LogP contribution >= 0.6 is 0 Å². The maximum absolute atomic E-state index is 6.56. The topological polar surface area (TPSA) is 43.9 Å². The molecule has 224 valence electrons.